The molecule has 1 aromatic carbocycles. The Kier molecular flexibility index (Phi) is 5.16. The molecule has 1 unspecified atom stereocenters. The van der Waals surface area contributed by atoms with E-state index in [1.807, 2.05) is 49.3 Å². The Bertz CT molecular complexity index is 578. The molecule has 4 nitrogen and oxygen atoms in total. The average Bonchev–Trinajstić information content (AvgIpc) is 2.54. The molecular weight excluding hydrogens is 276 g/mol. The molecule has 0 spiro atoms. The predicted octanol–water partition coefficient (Wildman–Crippen LogP) is 2.60. The lowest BCUT2D eigenvalue weighted by Crippen LogP contribution is -2.46. The summed E-state index contributed by atoms with van der Waals surface area (Å²) in [6, 6.07) is 10.2. The fourth-order valence-corrected chi connectivity index (χ4v) is 2.83. The van der Waals surface area contributed by atoms with E-state index in [9.17, 15) is 4.79 Å². The highest BCUT2D eigenvalue weighted by Crippen LogP contribution is 2.35. The van der Waals surface area contributed by atoms with Crippen molar-refractivity contribution in [2.75, 3.05) is 34.8 Å². The largest absolute Gasteiger partial charge is 0.308 e. The van der Waals surface area contributed by atoms with E-state index in [0.29, 0.717) is 13.0 Å². The molecule has 22 heavy (non-hydrogen) atoms. The maximum absolute atomic E-state index is 12.7. The van der Waals surface area contributed by atoms with Gasteiger partial charge in [-0.1, -0.05) is 48.6 Å². The monoisotopic (exact) mass is 300 g/mol. The predicted molar refractivity (Wildman–Crippen MR) is 88.9 cm³/mol. The molecule has 1 aliphatic rings. The molecule has 2 rings (SSSR count). The molecule has 1 atom stereocenters. The molecule has 0 heterocycles. The number of hydroxylamine groups is 2. The number of allylic oxidation sites excluding steroid dienone is 3. The van der Waals surface area contributed by atoms with Crippen LogP contribution in [0, 0.1) is 5.41 Å². The summed E-state index contributed by atoms with van der Waals surface area (Å²) in [5, 5.41) is 1.31. The lowest BCUT2D eigenvalue weighted by Gasteiger charge is -2.35. The first-order chi connectivity index (χ1) is 10.5. The molecule has 0 saturated heterocycles. The summed E-state index contributed by atoms with van der Waals surface area (Å²) in [5.41, 5.74) is 1.75. The van der Waals surface area contributed by atoms with E-state index >= 15 is 0 Å². The molecular formula is C18H24N2O2. The van der Waals surface area contributed by atoms with Crippen molar-refractivity contribution in [3.8, 4) is 0 Å². The number of rotatable bonds is 5. The lowest BCUT2D eigenvalue weighted by molar-refractivity contribution is -0.178. The van der Waals surface area contributed by atoms with Gasteiger partial charge in [0.25, 0.3) is 5.91 Å². The quantitative estimate of drug-likeness (QED) is 0.784. The van der Waals surface area contributed by atoms with Gasteiger partial charge in [-0.15, -0.1) is 0 Å². The second-order valence-electron chi connectivity index (χ2n) is 5.94. The van der Waals surface area contributed by atoms with Crippen LogP contribution in [-0.4, -0.2) is 50.7 Å². The van der Waals surface area contributed by atoms with Gasteiger partial charge in [0.15, 0.2) is 0 Å². The van der Waals surface area contributed by atoms with Crippen LogP contribution in [0.2, 0.25) is 0 Å². The maximum atomic E-state index is 12.7. The van der Waals surface area contributed by atoms with Gasteiger partial charge < -0.3 is 4.90 Å². The molecule has 118 valence electrons. The summed E-state index contributed by atoms with van der Waals surface area (Å²) in [6.45, 7) is 0.647. The van der Waals surface area contributed by atoms with Gasteiger partial charge in [0.1, 0.15) is 0 Å². The smallest absolute Gasteiger partial charge is 0.257 e. The van der Waals surface area contributed by atoms with Gasteiger partial charge in [0, 0.05) is 13.6 Å². The maximum Gasteiger partial charge on any atom is 0.257 e. The molecule has 4 heteroatoms. The number of hydrogen-bond donors (Lipinski definition) is 0. The van der Waals surface area contributed by atoms with Crippen molar-refractivity contribution in [3.05, 3.63) is 54.1 Å². The minimum absolute atomic E-state index is 0.0247. The summed E-state index contributed by atoms with van der Waals surface area (Å²) in [5.74, 6) is -0.0247. The minimum Gasteiger partial charge on any atom is -0.308 e. The van der Waals surface area contributed by atoms with Crippen molar-refractivity contribution < 1.29 is 9.63 Å². The van der Waals surface area contributed by atoms with Gasteiger partial charge in [-0.3, -0.25) is 9.63 Å². The Hall–Kier alpha value is -1.91. The van der Waals surface area contributed by atoms with Crippen molar-refractivity contribution in [2.45, 2.75) is 6.42 Å². The van der Waals surface area contributed by atoms with Crippen molar-refractivity contribution in [3.63, 3.8) is 0 Å². The van der Waals surface area contributed by atoms with Crippen LogP contribution in [0.5, 0.6) is 0 Å². The number of carbonyl (C=O) groups is 1. The normalized spacial score (nSPS) is 20.9. The van der Waals surface area contributed by atoms with Gasteiger partial charge in [-0.25, -0.2) is 5.06 Å². The molecule has 1 aliphatic carbocycles. The topological polar surface area (TPSA) is 32.8 Å². The van der Waals surface area contributed by atoms with Crippen LogP contribution < -0.4 is 0 Å². The Labute approximate surface area is 132 Å². The summed E-state index contributed by atoms with van der Waals surface area (Å²) in [6.07, 6.45) is 6.87. The summed E-state index contributed by atoms with van der Waals surface area (Å²) < 4.78 is 0. The van der Waals surface area contributed by atoms with E-state index in [1.54, 1.807) is 7.05 Å². The van der Waals surface area contributed by atoms with E-state index in [0.717, 1.165) is 5.57 Å². The molecule has 0 aliphatic heterocycles. The van der Waals surface area contributed by atoms with Crippen LogP contribution in [-0.2, 0) is 9.63 Å². The van der Waals surface area contributed by atoms with Crippen molar-refractivity contribution in [1.82, 2.24) is 9.96 Å². The van der Waals surface area contributed by atoms with Crippen LogP contribution >= 0.6 is 0 Å². The van der Waals surface area contributed by atoms with E-state index in [4.69, 9.17) is 4.84 Å². The Balaban J connectivity index is 2.27. The molecule has 1 aromatic rings. The second kappa shape index (κ2) is 6.90. The fraction of sp³-hybridized carbons (Fsp3) is 0.389. The third kappa shape index (κ3) is 3.46. The number of nitrogens with zero attached hydrogens (tertiary/aromatic N) is 2. The van der Waals surface area contributed by atoms with Crippen molar-refractivity contribution in [2.24, 2.45) is 5.41 Å². The van der Waals surface area contributed by atoms with Gasteiger partial charge in [0.2, 0.25) is 0 Å². The SMILES string of the molecule is CON(C)C(=O)C1(CN(C)C)C=CC(c2ccccc2)=CC1. The molecule has 0 aromatic heterocycles. The van der Waals surface area contributed by atoms with Gasteiger partial charge in [-0.05, 0) is 31.7 Å². The van der Waals surface area contributed by atoms with Gasteiger partial charge in [0.05, 0.1) is 12.5 Å². The number of amides is 1. The van der Waals surface area contributed by atoms with Gasteiger partial charge >= 0.3 is 0 Å². The molecule has 0 fully saturated rings. The molecule has 0 bridgehead atoms. The molecule has 0 saturated carbocycles. The van der Waals surface area contributed by atoms with E-state index in [2.05, 4.69) is 18.2 Å². The van der Waals surface area contributed by atoms with Crippen LogP contribution in [0.3, 0.4) is 0 Å². The summed E-state index contributed by atoms with van der Waals surface area (Å²) in [4.78, 5) is 19.9. The van der Waals surface area contributed by atoms with Crippen LogP contribution in [0.4, 0.5) is 0 Å². The lowest BCUT2D eigenvalue weighted by atomic mass is 9.77. The Morgan fingerprint density at radius 3 is 2.41 bits per heavy atom. The highest BCUT2D eigenvalue weighted by atomic mass is 16.7. The summed E-state index contributed by atoms with van der Waals surface area (Å²) >= 11 is 0. The first-order valence-corrected chi connectivity index (χ1v) is 7.40. The molecule has 1 amide bonds. The number of hydrogen-bond acceptors (Lipinski definition) is 3. The zero-order valence-electron chi connectivity index (χ0n) is 13.7. The average molecular weight is 300 g/mol. The second-order valence-corrected chi connectivity index (χ2v) is 5.94. The minimum atomic E-state index is -0.577. The number of carbonyl (C=O) groups excluding carboxylic acids is 1. The third-order valence-corrected chi connectivity index (χ3v) is 3.96. The molecule has 0 N–H and O–H groups in total. The van der Waals surface area contributed by atoms with E-state index in [1.165, 1.54) is 17.7 Å². The number of benzene rings is 1. The first kappa shape index (κ1) is 16.5. The Morgan fingerprint density at radius 1 is 1.23 bits per heavy atom. The highest BCUT2D eigenvalue weighted by Gasteiger charge is 2.39. The van der Waals surface area contributed by atoms with Crippen LogP contribution in [0.15, 0.2) is 48.6 Å². The zero-order valence-corrected chi connectivity index (χ0v) is 13.7. The highest BCUT2D eigenvalue weighted by molar-refractivity contribution is 5.87. The summed E-state index contributed by atoms with van der Waals surface area (Å²) in [7, 11) is 7.13. The standard InChI is InChI=1S/C18H24N2O2/c1-19(2)14-18(17(21)20(3)22-4)12-10-16(11-13-18)15-8-6-5-7-9-15/h5-12H,13-14H2,1-4H3. The van der Waals surface area contributed by atoms with Crippen molar-refractivity contribution >= 4 is 11.5 Å². The van der Waals surface area contributed by atoms with E-state index in [-0.39, 0.29) is 5.91 Å². The fourth-order valence-electron chi connectivity index (χ4n) is 2.83. The Morgan fingerprint density at radius 2 is 1.91 bits per heavy atom. The third-order valence-electron chi connectivity index (χ3n) is 3.96. The first-order valence-electron chi connectivity index (χ1n) is 7.40. The van der Waals surface area contributed by atoms with E-state index < -0.39 is 5.41 Å². The molecule has 0 radical (unpaired) electrons. The van der Waals surface area contributed by atoms with Crippen molar-refractivity contribution in [1.29, 1.82) is 0 Å². The van der Waals surface area contributed by atoms with Crippen LogP contribution in [0.25, 0.3) is 5.57 Å². The van der Waals surface area contributed by atoms with Crippen LogP contribution in [0.1, 0.15) is 12.0 Å². The zero-order chi connectivity index (χ0) is 16.2. The van der Waals surface area contributed by atoms with Gasteiger partial charge in [-0.2, -0.15) is 0 Å².